The second kappa shape index (κ2) is 7.84. The maximum atomic E-state index is 13.3. The highest BCUT2D eigenvalue weighted by Crippen LogP contribution is 2.33. The highest BCUT2D eigenvalue weighted by molar-refractivity contribution is 5.77. The Bertz CT molecular complexity index is 1330. The number of rotatable bonds is 2. The highest BCUT2D eigenvalue weighted by Gasteiger charge is 2.20. The molecule has 0 aromatic carbocycles. The summed E-state index contributed by atoms with van der Waals surface area (Å²) < 4.78 is 3.06. The summed E-state index contributed by atoms with van der Waals surface area (Å²) in [6, 6.07) is 8.04. The van der Waals surface area contributed by atoms with E-state index in [9.17, 15) is 9.59 Å². The maximum absolute atomic E-state index is 13.3. The first-order chi connectivity index (χ1) is 15.7. The summed E-state index contributed by atoms with van der Waals surface area (Å²) in [7, 11) is 0. The van der Waals surface area contributed by atoms with Crippen molar-refractivity contribution in [1.29, 1.82) is 0 Å². The summed E-state index contributed by atoms with van der Waals surface area (Å²) in [5.41, 5.74) is 3.23. The molecule has 0 bridgehead atoms. The molecule has 0 saturated heterocycles. The lowest BCUT2D eigenvalue weighted by Gasteiger charge is -2.22. The van der Waals surface area contributed by atoms with Gasteiger partial charge in [-0.1, -0.05) is 38.5 Å². The molecule has 4 aromatic rings. The Hall–Kier alpha value is -3.02. The molecule has 0 atom stereocenters. The minimum absolute atomic E-state index is 0.152. The van der Waals surface area contributed by atoms with Gasteiger partial charge in [-0.2, -0.15) is 0 Å². The van der Waals surface area contributed by atoms with Crippen molar-refractivity contribution in [3.63, 3.8) is 0 Å². The Morgan fingerprint density at radius 2 is 1.03 bits per heavy atom. The molecule has 4 heterocycles. The van der Waals surface area contributed by atoms with Gasteiger partial charge >= 0.3 is 0 Å². The van der Waals surface area contributed by atoms with E-state index >= 15 is 0 Å². The van der Waals surface area contributed by atoms with Crippen LogP contribution in [0.25, 0.3) is 22.3 Å². The maximum Gasteiger partial charge on any atom is 0.284 e. The number of nitrogens with zero attached hydrogens (tertiary/aromatic N) is 4. The van der Waals surface area contributed by atoms with Crippen LogP contribution in [-0.4, -0.2) is 18.8 Å². The van der Waals surface area contributed by atoms with Gasteiger partial charge in [0, 0.05) is 12.4 Å². The number of fused-ring (bicyclic) bond motifs is 3. The first kappa shape index (κ1) is 19.6. The van der Waals surface area contributed by atoms with Gasteiger partial charge in [-0.3, -0.25) is 18.4 Å². The van der Waals surface area contributed by atoms with Crippen LogP contribution in [0.15, 0.2) is 46.2 Å². The lowest BCUT2D eigenvalue weighted by molar-refractivity contribution is 0.443. The van der Waals surface area contributed by atoms with Crippen LogP contribution in [0.4, 0.5) is 0 Å². The molecule has 0 spiro atoms. The van der Waals surface area contributed by atoms with Gasteiger partial charge in [-0.05, 0) is 72.9 Å². The number of pyridine rings is 2. The zero-order chi connectivity index (χ0) is 21.7. The number of aromatic nitrogens is 4. The standard InChI is InChI=1S/C26H28N4O2/c31-25-24-23(27-21-15-19(11-13-29(21)25)17-7-3-1-4-8-17)26(32)30-14-12-20(16-22(30)28-24)18-9-5-2-6-10-18/h11-18H,1-10H2. The van der Waals surface area contributed by atoms with Crippen LogP contribution in [0.3, 0.4) is 0 Å². The van der Waals surface area contributed by atoms with Gasteiger partial charge in [-0.25, -0.2) is 9.97 Å². The van der Waals surface area contributed by atoms with Crippen molar-refractivity contribution in [2.75, 3.05) is 0 Å². The molecule has 0 unspecified atom stereocenters. The van der Waals surface area contributed by atoms with Crippen LogP contribution < -0.4 is 11.1 Å². The zero-order valence-corrected chi connectivity index (χ0v) is 18.3. The second-order valence-corrected chi connectivity index (χ2v) is 9.58. The topological polar surface area (TPSA) is 68.7 Å². The number of hydrogen-bond donors (Lipinski definition) is 0. The minimum Gasteiger partial charge on any atom is -0.266 e. The molecule has 0 aliphatic heterocycles. The van der Waals surface area contributed by atoms with Crippen LogP contribution >= 0.6 is 0 Å². The fraction of sp³-hybridized carbons (Fsp3) is 0.462. The van der Waals surface area contributed by atoms with E-state index in [1.54, 1.807) is 12.4 Å². The van der Waals surface area contributed by atoms with Crippen molar-refractivity contribution in [2.24, 2.45) is 0 Å². The van der Waals surface area contributed by atoms with Crippen LogP contribution in [0.1, 0.15) is 87.2 Å². The normalized spacial score (nSPS) is 18.6. The zero-order valence-electron chi connectivity index (χ0n) is 18.3. The third-order valence-electron chi connectivity index (χ3n) is 7.59. The lowest BCUT2D eigenvalue weighted by atomic mass is 9.84. The van der Waals surface area contributed by atoms with Gasteiger partial charge in [-0.15, -0.1) is 0 Å². The van der Waals surface area contributed by atoms with Crippen LogP contribution in [0.5, 0.6) is 0 Å². The Labute approximate surface area is 186 Å². The molecular weight excluding hydrogens is 400 g/mol. The average Bonchev–Trinajstić information content (AvgIpc) is 2.85. The molecule has 6 rings (SSSR count). The van der Waals surface area contributed by atoms with Crippen molar-refractivity contribution < 1.29 is 0 Å². The quantitative estimate of drug-likeness (QED) is 0.424. The Kier molecular flexibility index (Phi) is 4.81. The third kappa shape index (κ3) is 3.24. The van der Waals surface area contributed by atoms with Crippen molar-refractivity contribution >= 4 is 22.3 Å². The molecule has 4 aromatic heterocycles. The van der Waals surface area contributed by atoms with Crippen molar-refractivity contribution in [1.82, 2.24) is 18.8 Å². The summed E-state index contributed by atoms with van der Waals surface area (Å²) in [4.78, 5) is 35.8. The van der Waals surface area contributed by atoms with Crippen molar-refractivity contribution in [3.8, 4) is 0 Å². The van der Waals surface area contributed by atoms with Crippen LogP contribution in [0.2, 0.25) is 0 Å². The van der Waals surface area contributed by atoms with Crippen molar-refractivity contribution in [3.05, 3.63) is 68.5 Å². The second-order valence-electron chi connectivity index (χ2n) is 9.58. The van der Waals surface area contributed by atoms with E-state index < -0.39 is 0 Å². The predicted octanol–water partition coefficient (Wildman–Crippen LogP) is 4.95. The lowest BCUT2D eigenvalue weighted by Crippen LogP contribution is -2.24. The Morgan fingerprint density at radius 3 is 1.44 bits per heavy atom. The SMILES string of the molecule is O=c1c2nc3cc(C4CCCCC4)ccn3c(=O)c2nc2cc(C3CCCCC3)ccn12. The summed E-state index contributed by atoms with van der Waals surface area (Å²) in [5.74, 6) is 1.02. The van der Waals surface area contributed by atoms with Crippen LogP contribution in [0, 0.1) is 0 Å². The van der Waals surface area contributed by atoms with E-state index in [-0.39, 0.29) is 22.2 Å². The molecular formula is C26H28N4O2. The molecule has 6 heteroatoms. The van der Waals surface area contributed by atoms with Crippen LogP contribution in [-0.2, 0) is 0 Å². The fourth-order valence-electron chi connectivity index (χ4n) is 5.76. The van der Waals surface area contributed by atoms with Crippen molar-refractivity contribution in [2.45, 2.75) is 76.0 Å². The molecule has 0 radical (unpaired) electrons. The summed E-state index contributed by atoms with van der Waals surface area (Å²) in [6.07, 6.45) is 15.9. The van der Waals surface area contributed by atoms with E-state index in [2.05, 4.69) is 9.97 Å². The van der Waals surface area contributed by atoms with E-state index in [1.165, 1.54) is 84.1 Å². The number of hydrogen-bond acceptors (Lipinski definition) is 4. The first-order valence-corrected chi connectivity index (χ1v) is 12.1. The van der Waals surface area contributed by atoms with E-state index in [4.69, 9.17) is 0 Å². The summed E-state index contributed by atoms with van der Waals surface area (Å²) in [5, 5.41) is 0. The van der Waals surface area contributed by atoms with Gasteiger partial charge in [0.2, 0.25) is 0 Å². The molecule has 2 aliphatic carbocycles. The monoisotopic (exact) mass is 428 g/mol. The molecule has 0 N–H and O–H groups in total. The molecule has 2 fully saturated rings. The first-order valence-electron chi connectivity index (χ1n) is 12.1. The predicted molar refractivity (Wildman–Crippen MR) is 126 cm³/mol. The van der Waals surface area contributed by atoms with Gasteiger partial charge in [0.05, 0.1) is 0 Å². The minimum atomic E-state index is -0.275. The molecule has 2 aliphatic rings. The van der Waals surface area contributed by atoms with Gasteiger partial charge in [0.25, 0.3) is 11.1 Å². The Balaban J connectivity index is 1.51. The van der Waals surface area contributed by atoms with E-state index in [1.807, 2.05) is 24.3 Å². The Morgan fingerprint density at radius 1 is 0.625 bits per heavy atom. The largest absolute Gasteiger partial charge is 0.284 e. The third-order valence-corrected chi connectivity index (χ3v) is 7.59. The van der Waals surface area contributed by atoms with E-state index in [0.29, 0.717) is 23.1 Å². The van der Waals surface area contributed by atoms with Gasteiger partial charge in [0.15, 0.2) is 11.0 Å². The smallest absolute Gasteiger partial charge is 0.266 e. The van der Waals surface area contributed by atoms with Gasteiger partial charge < -0.3 is 0 Å². The summed E-state index contributed by atoms with van der Waals surface area (Å²) >= 11 is 0. The molecule has 164 valence electrons. The molecule has 2 saturated carbocycles. The van der Waals surface area contributed by atoms with Gasteiger partial charge in [0.1, 0.15) is 11.3 Å². The highest BCUT2D eigenvalue weighted by atomic mass is 16.1. The molecule has 32 heavy (non-hydrogen) atoms. The fourth-order valence-corrected chi connectivity index (χ4v) is 5.76. The molecule has 0 amide bonds. The molecule has 6 nitrogen and oxygen atoms in total. The average molecular weight is 429 g/mol. The van der Waals surface area contributed by atoms with E-state index in [0.717, 1.165) is 0 Å². The summed E-state index contributed by atoms with van der Waals surface area (Å²) in [6.45, 7) is 0.